The van der Waals surface area contributed by atoms with Crippen LogP contribution in [-0.2, 0) is 4.74 Å². The lowest BCUT2D eigenvalue weighted by atomic mass is 9.80. The van der Waals surface area contributed by atoms with Crippen molar-refractivity contribution in [3.05, 3.63) is 0 Å². The molecule has 0 saturated carbocycles. The van der Waals surface area contributed by atoms with E-state index in [4.69, 9.17) is 4.74 Å². The molecule has 1 atom stereocenters. The van der Waals surface area contributed by atoms with Gasteiger partial charge >= 0.3 is 0 Å². The molecule has 14 heavy (non-hydrogen) atoms. The molecule has 1 spiro atoms. The van der Waals surface area contributed by atoms with E-state index < -0.39 is 0 Å². The summed E-state index contributed by atoms with van der Waals surface area (Å²) in [7, 11) is 2.27. The van der Waals surface area contributed by atoms with Crippen molar-refractivity contribution >= 4 is 0 Å². The molecule has 2 rings (SSSR count). The molecule has 0 bridgehead atoms. The molecule has 0 aliphatic carbocycles. The van der Waals surface area contributed by atoms with Gasteiger partial charge in [0, 0.05) is 18.8 Å². The molecule has 2 heterocycles. The Morgan fingerprint density at radius 1 is 1.21 bits per heavy atom. The zero-order valence-electron chi connectivity index (χ0n) is 10.2. The van der Waals surface area contributed by atoms with Crippen molar-refractivity contribution in [2.75, 3.05) is 26.8 Å². The van der Waals surface area contributed by atoms with Crippen molar-refractivity contribution < 1.29 is 4.74 Å². The van der Waals surface area contributed by atoms with Gasteiger partial charge in [0.2, 0.25) is 0 Å². The first-order valence-electron chi connectivity index (χ1n) is 6.05. The van der Waals surface area contributed by atoms with Gasteiger partial charge in [-0.2, -0.15) is 0 Å². The van der Waals surface area contributed by atoms with Crippen molar-refractivity contribution in [1.82, 2.24) is 4.90 Å². The summed E-state index contributed by atoms with van der Waals surface area (Å²) < 4.78 is 5.43. The van der Waals surface area contributed by atoms with Crippen LogP contribution in [-0.4, -0.2) is 37.2 Å². The molecule has 0 aromatic carbocycles. The third kappa shape index (κ3) is 1.96. The summed E-state index contributed by atoms with van der Waals surface area (Å²) in [4.78, 5) is 2.56. The number of nitrogens with zero attached hydrogens (tertiary/aromatic N) is 1. The molecule has 2 heteroatoms. The van der Waals surface area contributed by atoms with Gasteiger partial charge in [-0.15, -0.1) is 0 Å². The summed E-state index contributed by atoms with van der Waals surface area (Å²) in [6, 6.07) is 0. The number of ether oxygens (including phenoxy) is 1. The van der Waals surface area contributed by atoms with Crippen LogP contribution in [0.2, 0.25) is 0 Å². The van der Waals surface area contributed by atoms with E-state index in [-0.39, 0.29) is 0 Å². The van der Waals surface area contributed by atoms with Gasteiger partial charge in [0.15, 0.2) is 0 Å². The van der Waals surface area contributed by atoms with Gasteiger partial charge in [0.25, 0.3) is 0 Å². The van der Waals surface area contributed by atoms with Gasteiger partial charge in [0.1, 0.15) is 0 Å². The van der Waals surface area contributed by atoms with E-state index in [1.165, 1.54) is 25.8 Å². The average Bonchev–Trinajstić information content (AvgIpc) is 2.52. The highest BCUT2D eigenvalue weighted by Crippen LogP contribution is 2.40. The Labute approximate surface area is 88.6 Å². The molecule has 2 aliphatic rings. The largest absolute Gasteiger partial charge is 0.381 e. The second-order valence-electron chi connectivity index (χ2n) is 4.33. The standard InChI is InChI=1S/C10H19NO.C2H6/c1-9-3-6-11(2)10(9)4-7-12-8-5-10;1-2/h9H,3-8H2,1-2H3;1-2H3. The Morgan fingerprint density at radius 2 is 1.79 bits per heavy atom. The first-order valence-corrected chi connectivity index (χ1v) is 6.05. The van der Waals surface area contributed by atoms with E-state index in [9.17, 15) is 0 Å². The quantitative estimate of drug-likeness (QED) is 0.594. The smallest absolute Gasteiger partial charge is 0.0483 e. The Morgan fingerprint density at radius 3 is 2.21 bits per heavy atom. The molecule has 1 unspecified atom stereocenters. The molecule has 2 saturated heterocycles. The molecular weight excluding hydrogens is 174 g/mol. The first kappa shape index (κ1) is 12.0. The highest BCUT2D eigenvalue weighted by atomic mass is 16.5. The monoisotopic (exact) mass is 199 g/mol. The summed E-state index contributed by atoms with van der Waals surface area (Å²) in [5, 5.41) is 0. The van der Waals surface area contributed by atoms with Crippen LogP contribution >= 0.6 is 0 Å². The van der Waals surface area contributed by atoms with Crippen LogP contribution in [0.1, 0.15) is 40.0 Å². The van der Waals surface area contributed by atoms with Crippen molar-refractivity contribution in [2.24, 2.45) is 5.92 Å². The van der Waals surface area contributed by atoms with Crippen LogP contribution in [0.15, 0.2) is 0 Å². The number of hydrogen-bond acceptors (Lipinski definition) is 2. The minimum Gasteiger partial charge on any atom is -0.381 e. The summed E-state index contributed by atoms with van der Waals surface area (Å²) in [6.45, 7) is 9.61. The second-order valence-corrected chi connectivity index (χ2v) is 4.33. The van der Waals surface area contributed by atoms with Crippen LogP contribution in [0.3, 0.4) is 0 Å². The van der Waals surface area contributed by atoms with Crippen LogP contribution < -0.4 is 0 Å². The molecule has 0 amide bonds. The average molecular weight is 199 g/mol. The van der Waals surface area contributed by atoms with Crippen molar-refractivity contribution in [3.8, 4) is 0 Å². The summed E-state index contributed by atoms with van der Waals surface area (Å²) in [6.07, 6.45) is 3.85. The number of rotatable bonds is 0. The van der Waals surface area contributed by atoms with Crippen LogP contribution in [0.5, 0.6) is 0 Å². The highest BCUT2D eigenvalue weighted by Gasteiger charge is 2.44. The van der Waals surface area contributed by atoms with Gasteiger partial charge in [-0.25, -0.2) is 0 Å². The number of likely N-dealkylation sites (tertiary alicyclic amines) is 1. The van der Waals surface area contributed by atoms with E-state index in [1.807, 2.05) is 13.8 Å². The third-order valence-corrected chi connectivity index (χ3v) is 3.93. The van der Waals surface area contributed by atoms with Crippen molar-refractivity contribution in [1.29, 1.82) is 0 Å². The van der Waals surface area contributed by atoms with Gasteiger partial charge < -0.3 is 9.64 Å². The fourth-order valence-electron chi connectivity index (χ4n) is 2.85. The molecular formula is C12H25NO. The Kier molecular flexibility index (Phi) is 4.39. The number of hydrogen-bond donors (Lipinski definition) is 0. The van der Waals surface area contributed by atoms with Crippen LogP contribution in [0, 0.1) is 5.92 Å². The maximum Gasteiger partial charge on any atom is 0.0483 e. The van der Waals surface area contributed by atoms with E-state index in [2.05, 4.69) is 18.9 Å². The van der Waals surface area contributed by atoms with Crippen LogP contribution in [0.4, 0.5) is 0 Å². The third-order valence-electron chi connectivity index (χ3n) is 3.93. The maximum atomic E-state index is 5.43. The van der Waals surface area contributed by atoms with E-state index in [0.717, 1.165) is 19.1 Å². The molecule has 0 aromatic heterocycles. The van der Waals surface area contributed by atoms with Gasteiger partial charge in [-0.3, -0.25) is 0 Å². The zero-order chi connectivity index (χ0) is 10.6. The summed E-state index contributed by atoms with van der Waals surface area (Å²) >= 11 is 0. The molecule has 2 aliphatic heterocycles. The van der Waals surface area contributed by atoms with E-state index in [0.29, 0.717) is 5.54 Å². The lowest BCUT2D eigenvalue weighted by Crippen LogP contribution is -2.49. The molecule has 2 fully saturated rings. The van der Waals surface area contributed by atoms with Crippen molar-refractivity contribution in [2.45, 2.75) is 45.6 Å². The van der Waals surface area contributed by atoms with Gasteiger partial charge in [-0.05, 0) is 38.8 Å². The van der Waals surface area contributed by atoms with Gasteiger partial charge in [0.05, 0.1) is 0 Å². The van der Waals surface area contributed by atoms with Crippen molar-refractivity contribution in [3.63, 3.8) is 0 Å². The predicted molar refractivity (Wildman–Crippen MR) is 60.5 cm³/mol. The second kappa shape index (κ2) is 5.13. The summed E-state index contributed by atoms with van der Waals surface area (Å²) in [5.41, 5.74) is 0.498. The SMILES string of the molecule is CC.CC1CCN(C)C12CCOCC2. The first-order chi connectivity index (χ1) is 6.76. The highest BCUT2D eigenvalue weighted by molar-refractivity contribution is 4.99. The minimum absolute atomic E-state index is 0.498. The maximum absolute atomic E-state index is 5.43. The predicted octanol–water partition coefficient (Wildman–Crippen LogP) is 2.53. The Hall–Kier alpha value is -0.0800. The normalized spacial score (nSPS) is 31.3. The molecule has 2 nitrogen and oxygen atoms in total. The Balaban J connectivity index is 0.000000461. The molecule has 84 valence electrons. The zero-order valence-corrected chi connectivity index (χ0v) is 10.2. The van der Waals surface area contributed by atoms with Gasteiger partial charge in [-0.1, -0.05) is 20.8 Å². The molecule has 0 radical (unpaired) electrons. The minimum atomic E-state index is 0.498. The van der Waals surface area contributed by atoms with E-state index in [1.54, 1.807) is 0 Å². The summed E-state index contributed by atoms with van der Waals surface area (Å²) in [5.74, 6) is 0.867. The van der Waals surface area contributed by atoms with E-state index >= 15 is 0 Å². The fraction of sp³-hybridized carbons (Fsp3) is 1.00. The Bertz CT molecular complexity index is 152. The lowest BCUT2D eigenvalue weighted by Gasteiger charge is -2.42. The lowest BCUT2D eigenvalue weighted by molar-refractivity contribution is -0.0153. The topological polar surface area (TPSA) is 12.5 Å². The fourth-order valence-corrected chi connectivity index (χ4v) is 2.85. The molecule has 0 N–H and O–H groups in total. The van der Waals surface area contributed by atoms with Crippen LogP contribution in [0.25, 0.3) is 0 Å². The molecule has 0 aromatic rings.